The Morgan fingerprint density at radius 3 is 1.94 bits per heavy atom. The molecule has 0 unspecified atom stereocenters. The van der Waals surface area contributed by atoms with Crippen LogP contribution in [0, 0.1) is 11.3 Å². The van der Waals surface area contributed by atoms with Crippen LogP contribution in [0.25, 0.3) is 0 Å². The molecule has 1 aliphatic rings. The standard InChI is InChI=1S/C3H16O5Si5.C2H3N/c1-2-3-13-7-11-5-9-4-10-6-12-8-13;1-2-3/h13H,2-3,9-12H2,1H3;1H3. The van der Waals surface area contributed by atoms with Gasteiger partial charge in [-0.25, -0.2) is 0 Å². The van der Waals surface area contributed by atoms with Crippen LogP contribution in [0.15, 0.2) is 0 Å². The van der Waals surface area contributed by atoms with E-state index in [0.29, 0.717) is 0 Å². The summed E-state index contributed by atoms with van der Waals surface area (Å²) in [4.78, 5) is 0. The monoisotopic (exact) mass is 313 g/mol. The molecule has 1 saturated heterocycles. The van der Waals surface area contributed by atoms with E-state index in [1.54, 1.807) is 6.07 Å². The molecule has 1 rings (SSSR count). The Balaban J connectivity index is 0.000000673. The Bertz CT molecular complexity index is 183. The van der Waals surface area contributed by atoms with E-state index in [4.69, 9.17) is 25.8 Å². The van der Waals surface area contributed by atoms with Crippen molar-refractivity contribution in [3.63, 3.8) is 0 Å². The lowest BCUT2D eigenvalue weighted by Gasteiger charge is -2.18. The van der Waals surface area contributed by atoms with Crippen LogP contribution >= 0.6 is 0 Å². The number of hydrogen-bond acceptors (Lipinski definition) is 6. The van der Waals surface area contributed by atoms with Gasteiger partial charge in [0.15, 0.2) is 0 Å². The van der Waals surface area contributed by atoms with E-state index in [2.05, 4.69) is 6.92 Å². The van der Waals surface area contributed by atoms with E-state index in [9.17, 15) is 0 Å². The molecule has 0 bridgehead atoms. The van der Waals surface area contributed by atoms with Gasteiger partial charge in [0, 0.05) is 6.92 Å². The van der Waals surface area contributed by atoms with E-state index in [-0.39, 0.29) is 0 Å². The number of hydrogen-bond donors (Lipinski definition) is 0. The first-order valence-corrected chi connectivity index (χ1v) is 11.5. The van der Waals surface area contributed by atoms with Crippen molar-refractivity contribution in [3.8, 4) is 6.07 Å². The van der Waals surface area contributed by atoms with Crippen molar-refractivity contribution < 1.29 is 20.6 Å². The van der Waals surface area contributed by atoms with Gasteiger partial charge < -0.3 is 20.6 Å². The van der Waals surface area contributed by atoms with Crippen molar-refractivity contribution in [3.05, 3.63) is 0 Å². The minimum absolute atomic E-state index is 0.760. The van der Waals surface area contributed by atoms with Gasteiger partial charge in [-0.1, -0.05) is 13.3 Å². The van der Waals surface area contributed by atoms with E-state index >= 15 is 0 Å². The molecular weight excluding hydrogens is 294 g/mol. The fourth-order valence-electron chi connectivity index (χ4n) is 0.918. The summed E-state index contributed by atoms with van der Waals surface area (Å²) in [6.45, 7) is 3.58. The summed E-state index contributed by atoms with van der Waals surface area (Å²) in [6.07, 6.45) is 1.13. The second-order valence-corrected chi connectivity index (χ2v) is 12.8. The molecule has 0 atom stereocenters. The maximum absolute atomic E-state index is 7.32. The fraction of sp³-hybridized carbons (Fsp3) is 0.800. The first-order valence-electron chi connectivity index (χ1n) is 5.12. The molecule has 0 aliphatic carbocycles. The quantitative estimate of drug-likeness (QED) is 0.515. The summed E-state index contributed by atoms with van der Waals surface area (Å²) in [6, 6.07) is 2.83. The van der Waals surface area contributed by atoms with Crippen LogP contribution in [0.4, 0.5) is 0 Å². The zero-order chi connectivity index (χ0) is 12.1. The van der Waals surface area contributed by atoms with E-state index in [1.165, 1.54) is 6.92 Å². The molecule has 11 heteroatoms. The molecule has 0 aromatic heterocycles. The van der Waals surface area contributed by atoms with Gasteiger partial charge in [-0.2, -0.15) is 5.26 Å². The topological polar surface area (TPSA) is 69.9 Å². The molecule has 0 aromatic rings. The first kappa shape index (κ1) is 16.4. The third-order valence-corrected chi connectivity index (χ3v) is 10.6. The minimum atomic E-state index is -1.39. The van der Waals surface area contributed by atoms with Crippen molar-refractivity contribution >= 4 is 49.3 Å². The van der Waals surface area contributed by atoms with Gasteiger partial charge in [0.2, 0.25) is 0 Å². The Morgan fingerprint density at radius 1 is 1.06 bits per heavy atom. The van der Waals surface area contributed by atoms with Crippen molar-refractivity contribution in [2.24, 2.45) is 0 Å². The molecule has 6 nitrogen and oxygen atoms in total. The molecule has 0 saturated carbocycles. The highest BCUT2D eigenvalue weighted by Gasteiger charge is 2.13. The summed E-state index contributed by atoms with van der Waals surface area (Å²) >= 11 is 0. The Labute approximate surface area is 108 Å². The molecule has 1 heterocycles. The minimum Gasteiger partial charge on any atom is -0.425 e. The second-order valence-electron chi connectivity index (χ2n) is 2.86. The molecule has 0 radical (unpaired) electrons. The van der Waals surface area contributed by atoms with Crippen LogP contribution in [-0.2, 0) is 20.6 Å². The zero-order valence-corrected chi connectivity index (χ0v) is 16.6. The molecule has 1 aliphatic heterocycles. The lowest BCUT2D eigenvalue weighted by molar-refractivity contribution is 0.331. The summed E-state index contributed by atoms with van der Waals surface area (Å²) in [5, 5.41) is 7.32. The van der Waals surface area contributed by atoms with Crippen LogP contribution in [0.3, 0.4) is 0 Å². The molecule has 0 spiro atoms. The van der Waals surface area contributed by atoms with E-state index in [1.807, 2.05) is 0 Å². The molecule has 0 amide bonds. The van der Waals surface area contributed by atoms with Crippen LogP contribution in [0.5, 0.6) is 0 Å². The highest BCUT2D eigenvalue weighted by Crippen LogP contribution is 2.00. The Morgan fingerprint density at radius 2 is 1.50 bits per heavy atom. The first-order chi connectivity index (χ1) is 7.85. The van der Waals surface area contributed by atoms with Gasteiger partial charge in [-0.3, -0.25) is 0 Å². The molecule has 16 heavy (non-hydrogen) atoms. The van der Waals surface area contributed by atoms with Crippen LogP contribution in [-0.4, -0.2) is 49.3 Å². The normalized spacial score (nSPS) is 28.4. The van der Waals surface area contributed by atoms with Crippen LogP contribution < -0.4 is 0 Å². The highest BCUT2D eigenvalue weighted by atomic mass is 28.4. The average Bonchev–Trinajstić information content (AvgIpc) is 2.29. The third kappa shape index (κ3) is 10.9. The Hall–Kier alpha value is 0.374. The lowest BCUT2D eigenvalue weighted by atomic mass is 10.6. The SMILES string of the molecule is CC#N.CCC[SiH]1O[SiH2]O[SiH2]O[SiH2]O[SiH2]O1. The molecular formula is C5H19NO5Si5. The van der Waals surface area contributed by atoms with Gasteiger partial charge in [0.05, 0.1) is 6.07 Å². The molecule has 94 valence electrons. The van der Waals surface area contributed by atoms with Crippen LogP contribution in [0.2, 0.25) is 6.04 Å². The van der Waals surface area contributed by atoms with Gasteiger partial charge in [0.25, 0.3) is 40.0 Å². The van der Waals surface area contributed by atoms with Crippen LogP contribution in [0.1, 0.15) is 20.3 Å². The fourth-order valence-corrected chi connectivity index (χ4v) is 11.6. The van der Waals surface area contributed by atoms with Crippen molar-refractivity contribution in [2.75, 3.05) is 0 Å². The highest BCUT2D eigenvalue weighted by molar-refractivity contribution is 6.59. The average molecular weight is 314 g/mol. The maximum Gasteiger partial charge on any atom is 0.303 e. The lowest BCUT2D eigenvalue weighted by Crippen LogP contribution is -2.31. The van der Waals surface area contributed by atoms with Crippen molar-refractivity contribution in [1.29, 1.82) is 5.26 Å². The van der Waals surface area contributed by atoms with Crippen molar-refractivity contribution in [2.45, 2.75) is 26.3 Å². The molecule has 0 aromatic carbocycles. The van der Waals surface area contributed by atoms with Gasteiger partial charge in [0.1, 0.15) is 0 Å². The van der Waals surface area contributed by atoms with Crippen molar-refractivity contribution in [1.82, 2.24) is 0 Å². The maximum atomic E-state index is 7.32. The number of nitrogens with zero attached hydrogens (tertiary/aromatic N) is 1. The second kappa shape index (κ2) is 13.4. The summed E-state index contributed by atoms with van der Waals surface area (Å²) < 4.78 is 27.2. The summed E-state index contributed by atoms with van der Waals surface area (Å²) in [7, 11) is -4.49. The number of rotatable bonds is 2. The number of nitriles is 1. The Kier molecular flexibility index (Phi) is 13.8. The largest absolute Gasteiger partial charge is 0.425 e. The van der Waals surface area contributed by atoms with Gasteiger partial charge in [-0.15, -0.1) is 0 Å². The molecule has 0 N–H and O–H groups in total. The smallest absolute Gasteiger partial charge is 0.303 e. The zero-order valence-electron chi connectivity index (χ0n) is 9.81. The van der Waals surface area contributed by atoms with Gasteiger partial charge >= 0.3 is 9.28 Å². The van der Waals surface area contributed by atoms with E-state index < -0.39 is 49.3 Å². The predicted octanol–water partition coefficient (Wildman–Crippen LogP) is -2.76. The third-order valence-electron chi connectivity index (χ3n) is 1.53. The molecule has 1 fully saturated rings. The van der Waals surface area contributed by atoms with Gasteiger partial charge in [-0.05, 0) is 6.04 Å². The van der Waals surface area contributed by atoms with E-state index in [0.717, 1.165) is 12.5 Å². The predicted molar refractivity (Wildman–Crippen MR) is 73.1 cm³/mol. The summed E-state index contributed by atoms with van der Waals surface area (Å²) in [5.41, 5.74) is 0. The summed E-state index contributed by atoms with van der Waals surface area (Å²) in [5.74, 6) is 0.